The standard InChI is InChI=1S/C34H40N2O6P2/c37-43(39-29-15-5-1-6-16-29,40-30-17-7-2-8-18-30)27-25-35-33-23-13-14-24-34(33)36-26-28-44(38,41-31-19-9-3-10-20-31)42-32-21-11-4-12-22-32/h1-12,15-22,33-36H,13-14,23-28H2/t33-,34-/m0/s1. The van der Waals surface area contributed by atoms with Crippen molar-refractivity contribution in [3.8, 4) is 23.0 Å². The molecule has 2 N–H and O–H groups in total. The van der Waals surface area contributed by atoms with E-state index in [0.717, 1.165) is 25.7 Å². The highest BCUT2D eigenvalue weighted by molar-refractivity contribution is 7.55. The summed E-state index contributed by atoms with van der Waals surface area (Å²) in [5.41, 5.74) is 0. The molecule has 0 heterocycles. The van der Waals surface area contributed by atoms with Gasteiger partial charge in [0.25, 0.3) is 0 Å². The van der Waals surface area contributed by atoms with Gasteiger partial charge in [0.05, 0.1) is 12.3 Å². The molecular formula is C34H40N2O6P2. The van der Waals surface area contributed by atoms with E-state index in [9.17, 15) is 9.13 Å². The lowest BCUT2D eigenvalue weighted by Gasteiger charge is -2.34. The zero-order chi connectivity index (χ0) is 30.5. The summed E-state index contributed by atoms with van der Waals surface area (Å²) < 4.78 is 51.6. The van der Waals surface area contributed by atoms with Gasteiger partial charge < -0.3 is 28.7 Å². The third-order valence-electron chi connectivity index (χ3n) is 7.30. The van der Waals surface area contributed by atoms with E-state index in [4.69, 9.17) is 18.1 Å². The predicted molar refractivity (Wildman–Crippen MR) is 175 cm³/mol. The van der Waals surface area contributed by atoms with E-state index < -0.39 is 15.2 Å². The fourth-order valence-electron chi connectivity index (χ4n) is 5.18. The fourth-order valence-corrected chi connectivity index (χ4v) is 8.20. The van der Waals surface area contributed by atoms with Crippen LogP contribution in [0.2, 0.25) is 0 Å². The predicted octanol–water partition coefficient (Wildman–Crippen LogP) is 8.18. The van der Waals surface area contributed by atoms with Crippen molar-refractivity contribution in [1.82, 2.24) is 10.6 Å². The average molecular weight is 635 g/mol. The third kappa shape index (κ3) is 10.0. The van der Waals surface area contributed by atoms with Crippen molar-refractivity contribution in [2.75, 3.05) is 25.4 Å². The number of hydrogen-bond acceptors (Lipinski definition) is 8. The number of hydrogen-bond donors (Lipinski definition) is 2. The molecule has 4 aromatic rings. The topological polar surface area (TPSA) is 95.1 Å². The van der Waals surface area contributed by atoms with Crippen LogP contribution in [0.5, 0.6) is 23.0 Å². The summed E-state index contributed by atoms with van der Waals surface area (Å²) in [6, 6.07) is 36.8. The normalized spacial score (nSPS) is 17.0. The lowest BCUT2D eigenvalue weighted by Crippen LogP contribution is -2.51. The Morgan fingerprint density at radius 3 is 1.02 bits per heavy atom. The number of para-hydroxylation sites is 4. The highest BCUT2D eigenvalue weighted by atomic mass is 31.2. The molecule has 0 radical (unpaired) electrons. The van der Waals surface area contributed by atoms with Gasteiger partial charge in [0.2, 0.25) is 0 Å². The zero-order valence-electron chi connectivity index (χ0n) is 24.7. The second-order valence-electron chi connectivity index (χ2n) is 10.7. The lowest BCUT2D eigenvalue weighted by atomic mass is 9.90. The Morgan fingerprint density at radius 2 is 0.750 bits per heavy atom. The molecule has 0 aromatic heterocycles. The average Bonchev–Trinajstić information content (AvgIpc) is 3.03. The number of benzene rings is 4. The molecule has 0 aliphatic heterocycles. The minimum Gasteiger partial charge on any atom is -0.416 e. The molecule has 0 bridgehead atoms. The Hall–Kier alpha value is -3.54. The molecule has 1 saturated carbocycles. The van der Waals surface area contributed by atoms with Crippen LogP contribution in [-0.2, 0) is 9.13 Å². The fraction of sp³-hybridized carbons (Fsp3) is 0.294. The molecule has 4 aromatic carbocycles. The first-order chi connectivity index (χ1) is 21.5. The van der Waals surface area contributed by atoms with E-state index >= 15 is 0 Å². The summed E-state index contributed by atoms with van der Waals surface area (Å²) in [6.07, 6.45) is 4.54. The van der Waals surface area contributed by atoms with E-state index in [1.165, 1.54) is 0 Å². The van der Waals surface area contributed by atoms with E-state index in [-0.39, 0.29) is 24.4 Å². The summed E-state index contributed by atoms with van der Waals surface area (Å²) in [7, 11) is -7.03. The van der Waals surface area contributed by atoms with Gasteiger partial charge in [0.1, 0.15) is 23.0 Å². The zero-order valence-corrected chi connectivity index (χ0v) is 26.5. The molecule has 0 amide bonds. The van der Waals surface area contributed by atoms with Gasteiger partial charge in [-0.15, -0.1) is 0 Å². The smallest absolute Gasteiger partial charge is 0.416 e. The molecule has 0 spiro atoms. The van der Waals surface area contributed by atoms with Crippen LogP contribution in [-0.4, -0.2) is 37.5 Å². The quantitative estimate of drug-likeness (QED) is 0.119. The maximum Gasteiger partial charge on any atom is 0.431 e. The van der Waals surface area contributed by atoms with Crippen LogP contribution in [0.4, 0.5) is 0 Å². The molecule has 8 nitrogen and oxygen atoms in total. The van der Waals surface area contributed by atoms with Crippen molar-refractivity contribution in [3.05, 3.63) is 121 Å². The molecule has 5 rings (SSSR count). The van der Waals surface area contributed by atoms with E-state index in [0.29, 0.717) is 36.1 Å². The Bertz CT molecular complexity index is 1290. The highest BCUT2D eigenvalue weighted by Gasteiger charge is 2.32. The van der Waals surface area contributed by atoms with Crippen LogP contribution in [0.3, 0.4) is 0 Å². The maximum atomic E-state index is 13.9. The largest absolute Gasteiger partial charge is 0.431 e. The van der Waals surface area contributed by atoms with Crippen molar-refractivity contribution >= 4 is 15.2 Å². The minimum atomic E-state index is -3.51. The third-order valence-corrected chi connectivity index (χ3v) is 10.8. The van der Waals surface area contributed by atoms with Crippen LogP contribution in [0.1, 0.15) is 25.7 Å². The van der Waals surface area contributed by atoms with Gasteiger partial charge in [-0.05, 0) is 61.4 Å². The monoisotopic (exact) mass is 634 g/mol. The van der Waals surface area contributed by atoms with Crippen LogP contribution < -0.4 is 28.7 Å². The van der Waals surface area contributed by atoms with Crippen molar-refractivity contribution in [2.45, 2.75) is 37.8 Å². The van der Waals surface area contributed by atoms with Gasteiger partial charge in [-0.2, -0.15) is 0 Å². The first kappa shape index (κ1) is 31.9. The van der Waals surface area contributed by atoms with Crippen LogP contribution in [0, 0.1) is 0 Å². The van der Waals surface area contributed by atoms with Crippen LogP contribution >= 0.6 is 15.2 Å². The molecule has 0 saturated heterocycles. The number of rotatable bonds is 16. The van der Waals surface area contributed by atoms with Gasteiger partial charge in [-0.25, -0.2) is 9.13 Å². The first-order valence-electron chi connectivity index (χ1n) is 15.1. The summed E-state index contributed by atoms with van der Waals surface area (Å²) in [6.45, 7) is 0.902. The molecule has 1 fully saturated rings. The van der Waals surface area contributed by atoms with E-state index in [2.05, 4.69) is 10.6 Å². The molecule has 1 aliphatic carbocycles. The van der Waals surface area contributed by atoms with Gasteiger partial charge in [0, 0.05) is 25.2 Å². The van der Waals surface area contributed by atoms with Crippen molar-refractivity contribution in [2.24, 2.45) is 0 Å². The van der Waals surface area contributed by atoms with E-state index in [1.807, 2.05) is 72.8 Å². The Labute approximate surface area is 260 Å². The van der Waals surface area contributed by atoms with Crippen molar-refractivity contribution in [1.29, 1.82) is 0 Å². The van der Waals surface area contributed by atoms with Crippen LogP contribution in [0.25, 0.3) is 0 Å². The molecular weight excluding hydrogens is 594 g/mol. The second kappa shape index (κ2) is 16.0. The summed E-state index contributed by atoms with van der Waals surface area (Å²) in [5, 5.41) is 7.20. The van der Waals surface area contributed by atoms with Crippen molar-refractivity contribution in [3.63, 3.8) is 0 Å². The molecule has 44 heavy (non-hydrogen) atoms. The Kier molecular flexibility index (Phi) is 11.6. The molecule has 0 unspecified atom stereocenters. The molecule has 1 aliphatic rings. The van der Waals surface area contributed by atoms with Gasteiger partial charge in [0.15, 0.2) is 0 Å². The van der Waals surface area contributed by atoms with E-state index in [1.54, 1.807) is 48.5 Å². The summed E-state index contributed by atoms with van der Waals surface area (Å²) >= 11 is 0. The summed E-state index contributed by atoms with van der Waals surface area (Å²) in [4.78, 5) is 0. The highest BCUT2D eigenvalue weighted by Crippen LogP contribution is 2.49. The van der Waals surface area contributed by atoms with Gasteiger partial charge >= 0.3 is 15.2 Å². The van der Waals surface area contributed by atoms with Crippen molar-refractivity contribution < 1.29 is 27.2 Å². The first-order valence-corrected chi connectivity index (χ1v) is 18.6. The second-order valence-corrected chi connectivity index (χ2v) is 14.8. The van der Waals surface area contributed by atoms with Gasteiger partial charge in [-0.1, -0.05) is 85.6 Å². The maximum absolute atomic E-state index is 13.9. The molecule has 232 valence electrons. The van der Waals surface area contributed by atoms with Crippen LogP contribution in [0.15, 0.2) is 121 Å². The molecule has 2 atom stereocenters. The molecule has 10 heteroatoms. The Balaban J connectivity index is 1.18. The SMILES string of the molecule is O=P(CCN[C@H]1CCCC[C@@H]1NCCP(=O)(Oc1ccccc1)Oc1ccccc1)(Oc1ccccc1)Oc1ccccc1. The lowest BCUT2D eigenvalue weighted by molar-refractivity contribution is 0.288. The summed E-state index contributed by atoms with van der Waals surface area (Å²) in [5.74, 6) is 2.01. The van der Waals surface area contributed by atoms with Gasteiger partial charge in [-0.3, -0.25) is 0 Å². The minimum absolute atomic E-state index is 0.148. The number of nitrogens with one attached hydrogen (secondary N) is 2. The Morgan fingerprint density at radius 1 is 0.477 bits per heavy atom.